The molecule has 0 spiro atoms. The van der Waals surface area contributed by atoms with Crippen molar-refractivity contribution in [3.63, 3.8) is 0 Å². The van der Waals surface area contributed by atoms with E-state index in [4.69, 9.17) is 4.74 Å². The lowest BCUT2D eigenvalue weighted by molar-refractivity contribution is -0.121. The van der Waals surface area contributed by atoms with Crippen molar-refractivity contribution in [1.82, 2.24) is 5.32 Å². The lowest BCUT2D eigenvalue weighted by Crippen LogP contribution is -2.31. The molecule has 146 valence electrons. The number of hydrogen-bond donors (Lipinski definition) is 3. The summed E-state index contributed by atoms with van der Waals surface area (Å²) >= 11 is 0. The van der Waals surface area contributed by atoms with Gasteiger partial charge in [-0.2, -0.15) is 0 Å². The molecule has 0 aliphatic carbocycles. The van der Waals surface area contributed by atoms with Gasteiger partial charge in [-0.25, -0.2) is 8.78 Å². The van der Waals surface area contributed by atoms with Crippen molar-refractivity contribution in [1.29, 1.82) is 0 Å². The third-order valence-electron chi connectivity index (χ3n) is 4.03. The molecule has 0 saturated heterocycles. The standard InChI is InChI=1S/C19H17F2N3O4/c1-10(25)22-15(12-6-5-11(20)7-13(12)21)8-17(26)23-14-3-2-4-16-19(14)24-18(27)9-28-16/h2-7,15H,8-9H2,1H3,(H,22,25)(H,23,26)(H,24,27). The Labute approximate surface area is 159 Å². The summed E-state index contributed by atoms with van der Waals surface area (Å²) in [7, 11) is 0. The number of benzene rings is 2. The Morgan fingerprint density at radius 2 is 2.04 bits per heavy atom. The zero-order valence-corrected chi connectivity index (χ0v) is 14.8. The van der Waals surface area contributed by atoms with E-state index in [9.17, 15) is 23.2 Å². The second-order valence-electron chi connectivity index (χ2n) is 6.19. The maximum atomic E-state index is 14.1. The number of rotatable bonds is 5. The molecule has 0 bridgehead atoms. The number of ether oxygens (including phenoxy) is 1. The monoisotopic (exact) mass is 389 g/mol. The molecule has 1 aliphatic heterocycles. The van der Waals surface area contributed by atoms with Crippen molar-refractivity contribution in [3.8, 4) is 5.75 Å². The SMILES string of the molecule is CC(=O)NC(CC(=O)Nc1cccc2c1NC(=O)CO2)c1ccc(F)cc1F. The predicted octanol–water partition coefficient (Wildman–Crippen LogP) is 2.50. The molecule has 9 heteroatoms. The summed E-state index contributed by atoms with van der Waals surface area (Å²) in [5, 5.41) is 7.72. The molecule has 0 aromatic heterocycles. The Morgan fingerprint density at radius 3 is 2.75 bits per heavy atom. The van der Waals surface area contributed by atoms with Gasteiger partial charge in [0.05, 0.1) is 18.2 Å². The number of hydrogen-bond acceptors (Lipinski definition) is 4. The summed E-state index contributed by atoms with van der Waals surface area (Å²) in [6.45, 7) is 1.10. The third-order valence-corrected chi connectivity index (χ3v) is 4.03. The highest BCUT2D eigenvalue weighted by Crippen LogP contribution is 2.35. The largest absolute Gasteiger partial charge is 0.481 e. The van der Waals surface area contributed by atoms with Crippen LogP contribution in [0.1, 0.15) is 24.9 Å². The topological polar surface area (TPSA) is 96.5 Å². The van der Waals surface area contributed by atoms with Crippen LogP contribution in [-0.2, 0) is 14.4 Å². The quantitative estimate of drug-likeness (QED) is 0.732. The van der Waals surface area contributed by atoms with Gasteiger partial charge in [-0.15, -0.1) is 0 Å². The van der Waals surface area contributed by atoms with Gasteiger partial charge in [0.15, 0.2) is 6.61 Å². The number of nitrogens with one attached hydrogen (secondary N) is 3. The van der Waals surface area contributed by atoms with Gasteiger partial charge >= 0.3 is 0 Å². The van der Waals surface area contributed by atoms with E-state index in [2.05, 4.69) is 16.0 Å². The van der Waals surface area contributed by atoms with Crippen molar-refractivity contribution in [2.45, 2.75) is 19.4 Å². The van der Waals surface area contributed by atoms with Gasteiger partial charge in [-0.05, 0) is 18.2 Å². The minimum absolute atomic E-state index is 0.0153. The van der Waals surface area contributed by atoms with Crippen molar-refractivity contribution < 1.29 is 27.9 Å². The summed E-state index contributed by atoms with van der Waals surface area (Å²) in [6.07, 6.45) is -0.305. The van der Waals surface area contributed by atoms with Gasteiger partial charge in [0.2, 0.25) is 11.8 Å². The molecule has 3 amide bonds. The van der Waals surface area contributed by atoms with E-state index in [1.54, 1.807) is 18.2 Å². The highest BCUT2D eigenvalue weighted by Gasteiger charge is 2.23. The van der Waals surface area contributed by atoms with Crippen LogP contribution in [0, 0.1) is 11.6 Å². The molecule has 0 radical (unpaired) electrons. The molecule has 0 saturated carbocycles. The van der Waals surface area contributed by atoms with Crippen LogP contribution >= 0.6 is 0 Å². The van der Waals surface area contributed by atoms with E-state index in [1.807, 2.05) is 0 Å². The van der Waals surface area contributed by atoms with Gasteiger partial charge in [-0.3, -0.25) is 14.4 Å². The maximum Gasteiger partial charge on any atom is 0.262 e. The fourth-order valence-electron chi connectivity index (χ4n) is 2.86. The summed E-state index contributed by atoms with van der Waals surface area (Å²) in [4.78, 5) is 35.5. The van der Waals surface area contributed by atoms with Crippen LogP contribution in [0.25, 0.3) is 0 Å². The average Bonchev–Trinajstić information content (AvgIpc) is 2.61. The van der Waals surface area contributed by atoms with Crippen LogP contribution in [0.5, 0.6) is 5.75 Å². The minimum atomic E-state index is -0.997. The molecular weight excluding hydrogens is 372 g/mol. The highest BCUT2D eigenvalue weighted by atomic mass is 19.1. The zero-order valence-electron chi connectivity index (χ0n) is 14.8. The minimum Gasteiger partial charge on any atom is -0.481 e. The maximum absolute atomic E-state index is 14.1. The van der Waals surface area contributed by atoms with Gasteiger partial charge in [0, 0.05) is 18.6 Å². The van der Waals surface area contributed by atoms with Crippen molar-refractivity contribution in [2.24, 2.45) is 0 Å². The van der Waals surface area contributed by atoms with E-state index in [1.165, 1.54) is 13.0 Å². The van der Waals surface area contributed by atoms with E-state index in [0.717, 1.165) is 6.07 Å². The molecule has 7 nitrogen and oxygen atoms in total. The molecule has 2 aromatic rings. The molecule has 1 heterocycles. The second-order valence-corrected chi connectivity index (χ2v) is 6.19. The summed E-state index contributed by atoms with van der Waals surface area (Å²) in [5.74, 6) is -2.61. The summed E-state index contributed by atoms with van der Waals surface area (Å²) in [5.41, 5.74) is 0.603. The zero-order chi connectivity index (χ0) is 20.3. The van der Waals surface area contributed by atoms with E-state index in [-0.39, 0.29) is 24.5 Å². The first-order valence-electron chi connectivity index (χ1n) is 8.41. The molecule has 0 fully saturated rings. The van der Waals surface area contributed by atoms with Crippen LogP contribution in [-0.4, -0.2) is 24.3 Å². The number of amides is 3. The fraction of sp³-hybridized carbons (Fsp3) is 0.211. The fourth-order valence-corrected chi connectivity index (χ4v) is 2.86. The van der Waals surface area contributed by atoms with Crippen molar-refractivity contribution >= 4 is 29.1 Å². The molecular formula is C19H17F2N3O4. The van der Waals surface area contributed by atoms with Gasteiger partial charge in [-0.1, -0.05) is 12.1 Å². The highest BCUT2D eigenvalue weighted by molar-refractivity contribution is 6.03. The Balaban J connectivity index is 1.80. The number of para-hydroxylation sites is 1. The first kappa shape index (κ1) is 19.3. The number of carbonyl (C=O) groups excluding carboxylic acids is 3. The Bertz CT molecular complexity index is 949. The lowest BCUT2D eigenvalue weighted by atomic mass is 10.0. The number of anilines is 2. The number of halogens is 2. The van der Waals surface area contributed by atoms with Crippen LogP contribution in [0.3, 0.4) is 0 Å². The van der Waals surface area contributed by atoms with Gasteiger partial charge in [0.1, 0.15) is 23.1 Å². The van der Waals surface area contributed by atoms with Crippen LogP contribution in [0.15, 0.2) is 36.4 Å². The Kier molecular flexibility index (Phi) is 5.53. The van der Waals surface area contributed by atoms with Gasteiger partial charge in [0.25, 0.3) is 5.91 Å². The molecule has 28 heavy (non-hydrogen) atoms. The van der Waals surface area contributed by atoms with E-state index in [0.29, 0.717) is 23.2 Å². The smallest absolute Gasteiger partial charge is 0.262 e. The Morgan fingerprint density at radius 1 is 1.25 bits per heavy atom. The Hall–Kier alpha value is -3.49. The second kappa shape index (κ2) is 8.03. The van der Waals surface area contributed by atoms with E-state index < -0.39 is 29.5 Å². The third kappa shape index (κ3) is 4.43. The summed E-state index contributed by atoms with van der Waals surface area (Å²) in [6, 6.07) is 6.75. The van der Waals surface area contributed by atoms with E-state index >= 15 is 0 Å². The van der Waals surface area contributed by atoms with Crippen LogP contribution < -0.4 is 20.7 Å². The lowest BCUT2D eigenvalue weighted by Gasteiger charge is -2.22. The normalized spacial score (nSPS) is 13.6. The van der Waals surface area contributed by atoms with Crippen molar-refractivity contribution in [3.05, 3.63) is 53.6 Å². The van der Waals surface area contributed by atoms with Crippen LogP contribution in [0.2, 0.25) is 0 Å². The molecule has 3 N–H and O–H groups in total. The average molecular weight is 389 g/mol. The van der Waals surface area contributed by atoms with Crippen molar-refractivity contribution in [2.75, 3.05) is 17.2 Å². The molecule has 1 unspecified atom stereocenters. The number of fused-ring (bicyclic) bond motifs is 1. The first-order chi connectivity index (χ1) is 13.3. The summed E-state index contributed by atoms with van der Waals surface area (Å²) < 4.78 is 32.6. The van der Waals surface area contributed by atoms with Gasteiger partial charge < -0.3 is 20.7 Å². The molecule has 1 aliphatic rings. The molecule has 2 aromatic carbocycles. The first-order valence-corrected chi connectivity index (χ1v) is 8.41. The molecule has 3 rings (SSSR count). The molecule has 1 atom stereocenters. The van der Waals surface area contributed by atoms with Crippen LogP contribution in [0.4, 0.5) is 20.2 Å². The number of carbonyl (C=O) groups is 3. The predicted molar refractivity (Wildman–Crippen MR) is 96.7 cm³/mol.